The van der Waals surface area contributed by atoms with Gasteiger partial charge in [-0.25, -0.2) is 4.79 Å². The molecule has 0 aliphatic heterocycles. The number of aliphatic hydroxyl groups excluding tert-OH is 1. The maximum absolute atomic E-state index is 12.0. The molecule has 0 saturated carbocycles. The van der Waals surface area contributed by atoms with Crippen LogP contribution in [0.1, 0.15) is 27.2 Å². The molecule has 2 amide bonds. The number of para-hydroxylation sites is 2. The first-order valence-electron chi connectivity index (χ1n) is 6.90. The highest BCUT2D eigenvalue weighted by atomic mass is 16.3. The van der Waals surface area contributed by atoms with Gasteiger partial charge in [0.2, 0.25) is 0 Å². The second-order valence-electron chi connectivity index (χ2n) is 5.47. The minimum Gasteiger partial charge on any atom is -0.396 e. The lowest BCUT2D eigenvalue weighted by molar-refractivity contribution is 0.218. The summed E-state index contributed by atoms with van der Waals surface area (Å²) in [6.45, 7) is 6.72. The quantitative estimate of drug-likeness (QED) is 0.749. The van der Waals surface area contributed by atoms with E-state index in [1.54, 1.807) is 0 Å². The molecule has 0 aliphatic rings. The molecule has 1 aromatic carbocycles. The van der Waals surface area contributed by atoms with Gasteiger partial charge >= 0.3 is 6.03 Å². The van der Waals surface area contributed by atoms with Crippen LogP contribution >= 0.6 is 0 Å². The van der Waals surface area contributed by atoms with Gasteiger partial charge in [0.25, 0.3) is 0 Å². The van der Waals surface area contributed by atoms with Crippen molar-refractivity contribution in [2.45, 2.75) is 32.7 Å². The van der Waals surface area contributed by atoms with Gasteiger partial charge < -0.3 is 20.6 Å². The normalized spacial score (nSPS) is 11.1. The third-order valence-corrected chi connectivity index (χ3v) is 3.23. The molecule has 112 valence electrons. The molecular weight excluding hydrogens is 254 g/mol. The highest BCUT2D eigenvalue weighted by Gasteiger charge is 2.20. The van der Waals surface area contributed by atoms with Crippen LogP contribution in [-0.4, -0.2) is 36.9 Å². The SMILES string of the molecule is CCN(C)c1ccccc1NC(=O)NC(C)(C)CCO. The van der Waals surface area contributed by atoms with E-state index in [9.17, 15) is 4.79 Å². The fraction of sp³-hybridized carbons (Fsp3) is 0.533. The second kappa shape index (κ2) is 7.14. The smallest absolute Gasteiger partial charge is 0.319 e. The molecule has 5 heteroatoms. The summed E-state index contributed by atoms with van der Waals surface area (Å²) in [5, 5.41) is 14.7. The molecule has 1 rings (SSSR count). The molecule has 0 aromatic heterocycles. The Kier molecular flexibility index (Phi) is 5.82. The van der Waals surface area contributed by atoms with Gasteiger partial charge in [-0.2, -0.15) is 0 Å². The number of carbonyl (C=O) groups is 1. The van der Waals surface area contributed by atoms with Gasteiger partial charge in [-0.3, -0.25) is 0 Å². The van der Waals surface area contributed by atoms with E-state index in [-0.39, 0.29) is 12.6 Å². The molecule has 0 spiro atoms. The first kappa shape index (κ1) is 16.3. The number of carbonyl (C=O) groups excluding carboxylic acids is 1. The Bertz CT molecular complexity index is 446. The molecule has 0 saturated heterocycles. The van der Waals surface area contributed by atoms with Crippen molar-refractivity contribution in [2.24, 2.45) is 0 Å². The number of aliphatic hydroxyl groups is 1. The molecule has 5 nitrogen and oxygen atoms in total. The van der Waals surface area contributed by atoms with Gasteiger partial charge in [0.15, 0.2) is 0 Å². The van der Waals surface area contributed by atoms with Crippen molar-refractivity contribution < 1.29 is 9.90 Å². The number of urea groups is 1. The second-order valence-corrected chi connectivity index (χ2v) is 5.47. The molecule has 0 atom stereocenters. The summed E-state index contributed by atoms with van der Waals surface area (Å²) in [6.07, 6.45) is 0.511. The van der Waals surface area contributed by atoms with Gasteiger partial charge in [0, 0.05) is 25.7 Å². The molecule has 3 N–H and O–H groups in total. The number of hydrogen-bond donors (Lipinski definition) is 3. The number of rotatable bonds is 6. The summed E-state index contributed by atoms with van der Waals surface area (Å²) >= 11 is 0. The summed E-state index contributed by atoms with van der Waals surface area (Å²) in [7, 11) is 1.98. The zero-order valence-electron chi connectivity index (χ0n) is 12.7. The highest BCUT2D eigenvalue weighted by Crippen LogP contribution is 2.24. The van der Waals surface area contributed by atoms with Gasteiger partial charge in [-0.1, -0.05) is 12.1 Å². The van der Waals surface area contributed by atoms with Crippen molar-refractivity contribution >= 4 is 17.4 Å². The lowest BCUT2D eigenvalue weighted by Gasteiger charge is -2.26. The van der Waals surface area contributed by atoms with Crippen molar-refractivity contribution in [3.63, 3.8) is 0 Å². The van der Waals surface area contributed by atoms with Gasteiger partial charge in [0.05, 0.1) is 11.4 Å². The Morgan fingerprint density at radius 1 is 1.35 bits per heavy atom. The van der Waals surface area contributed by atoms with Crippen molar-refractivity contribution in [3.8, 4) is 0 Å². The van der Waals surface area contributed by atoms with E-state index < -0.39 is 5.54 Å². The highest BCUT2D eigenvalue weighted by molar-refractivity contribution is 5.93. The van der Waals surface area contributed by atoms with Crippen molar-refractivity contribution in [2.75, 3.05) is 30.4 Å². The first-order chi connectivity index (χ1) is 9.39. The number of amides is 2. The maximum Gasteiger partial charge on any atom is 0.319 e. The van der Waals surface area contributed by atoms with E-state index >= 15 is 0 Å². The van der Waals surface area contributed by atoms with E-state index in [0.717, 1.165) is 17.9 Å². The number of benzene rings is 1. The molecular formula is C15H25N3O2. The van der Waals surface area contributed by atoms with E-state index in [4.69, 9.17) is 5.11 Å². The Hall–Kier alpha value is -1.75. The summed E-state index contributed by atoms with van der Waals surface area (Å²) in [5.74, 6) is 0. The fourth-order valence-electron chi connectivity index (χ4n) is 1.89. The average molecular weight is 279 g/mol. The molecule has 20 heavy (non-hydrogen) atoms. The molecule has 0 aliphatic carbocycles. The monoisotopic (exact) mass is 279 g/mol. The van der Waals surface area contributed by atoms with Gasteiger partial charge in [-0.05, 0) is 39.3 Å². The summed E-state index contributed by atoms with van der Waals surface area (Å²) < 4.78 is 0. The van der Waals surface area contributed by atoms with E-state index in [2.05, 4.69) is 22.5 Å². The number of anilines is 2. The van der Waals surface area contributed by atoms with Crippen LogP contribution in [-0.2, 0) is 0 Å². The van der Waals surface area contributed by atoms with Crippen LogP contribution in [0, 0.1) is 0 Å². The minimum atomic E-state index is -0.440. The van der Waals surface area contributed by atoms with E-state index in [1.165, 1.54) is 0 Å². The summed E-state index contributed by atoms with van der Waals surface area (Å²) in [4.78, 5) is 14.1. The Morgan fingerprint density at radius 2 is 2.00 bits per heavy atom. The average Bonchev–Trinajstić information content (AvgIpc) is 2.37. The van der Waals surface area contributed by atoms with Crippen LogP contribution in [0.2, 0.25) is 0 Å². The van der Waals surface area contributed by atoms with E-state index in [0.29, 0.717) is 6.42 Å². The van der Waals surface area contributed by atoms with E-state index in [1.807, 2.05) is 45.2 Å². The van der Waals surface area contributed by atoms with Crippen molar-refractivity contribution in [1.82, 2.24) is 5.32 Å². The zero-order chi connectivity index (χ0) is 15.2. The van der Waals surface area contributed by atoms with Crippen LogP contribution < -0.4 is 15.5 Å². The first-order valence-corrected chi connectivity index (χ1v) is 6.90. The standard InChI is InChI=1S/C15H25N3O2/c1-5-18(4)13-9-7-6-8-12(13)16-14(20)17-15(2,3)10-11-19/h6-9,19H,5,10-11H2,1-4H3,(H2,16,17,20). The van der Waals surface area contributed by atoms with Crippen molar-refractivity contribution in [3.05, 3.63) is 24.3 Å². The number of hydrogen-bond acceptors (Lipinski definition) is 3. The molecule has 1 aromatic rings. The molecule has 0 heterocycles. The molecule has 0 fully saturated rings. The van der Waals surface area contributed by atoms with Crippen LogP contribution in [0.4, 0.5) is 16.2 Å². The minimum absolute atomic E-state index is 0.0441. The van der Waals surface area contributed by atoms with Crippen molar-refractivity contribution in [1.29, 1.82) is 0 Å². The lowest BCUT2D eigenvalue weighted by Crippen LogP contribution is -2.46. The fourth-order valence-corrected chi connectivity index (χ4v) is 1.89. The maximum atomic E-state index is 12.0. The third kappa shape index (κ3) is 4.74. The number of nitrogens with zero attached hydrogens (tertiary/aromatic N) is 1. The third-order valence-electron chi connectivity index (χ3n) is 3.23. The zero-order valence-corrected chi connectivity index (χ0v) is 12.7. The summed E-state index contributed by atoms with van der Waals surface area (Å²) in [6, 6.07) is 7.42. The van der Waals surface area contributed by atoms with Gasteiger partial charge in [0.1, 0.15) is 0 Å². The van der Waals surface area contributed by atoms with Crippen LogP contribution in [0.3, 0.4) is 0 Å². The van der Waals surface area contributed by atoms with Crippen LogP contribution in [0.25, 0.3) is 0 Å². The molecule has 0 bridgehead atoms. The predicted molar refractivity (Wildman–Crippen MR) is 83.3 cm³/mol. The van der Waals surface area contributed by atoms with Gasteiger partial charge in [-0.15, -0.1) is 0 Å². The van der Waals surface area contributed by atoms with Crippen LogP contribution in [0.5, 0.6) is 0 Å². The Morgan fingerprint density at radius 3 is 2.60 bits per heavy atom. The predicted octanol–water partition coefficient (Wildman–Crippen LogP) is 2.43. The summed E-state index contributed by atoms with van der Waals surface area (Å²) in [5.41, 5.74) is 1.31. The Labute approximate surface area is 121 Å². The Balaban J connectivity index is 2.76. The topological polar surface area (TPSA) is 64.6 Å². The van der Waals surface area contributed by atoms with Crippen LogP contribution in [0.15, 0.2) is 24.3 Å². The lowest BCUT2D eigenvalue weighted by atomic mass is 10.0. The number of nitrogens with one attached hydrogen (secondary N) is 2. The largest absolute Gasteiger partial charge is 0.396 e. The molecule has 0 unspecified atom stereocenters. The molecule has 0 radical (unpaired) electrons.